The Labute approximate surface area is 213 Å². The molecule has 36 heavy (non-hydrogen) atoms. The van der Waals surface area contributed by atoms with Crippen molar-refractivity contribution in [1.29, 1.82) is 0 Å². The van der Waals surface area contributed by atoms with Crippen LogP contribution in [-0.4, -0.2) is 23.5 Å². The first-order valence-electron chi connectivity index (χ1n) is 11.4. The van der Waals surface area contributed by atoms with Crippen LogP contribution in [0.4, 0.5) is 5.13 Å². The quantitative estimate of drug-likeness (QED) is 0.251. The second kappa shape index (κ2) is 10.8. The molecule has 1 amide bonds. The van der Waals surface area contributed by atoms with E-state index >= 15 is 0 Å². The summed E-state index contributed by atoms with van der Waals surface area (Å²) in [5.41, 5.74) is 6.45. The minimum absolute atomic E-state index is 0.387. The van der Waals surface area contributed by atoms with Crippen LogP contribution in [-0.2, 0) is 9.53 Å². The molecular weight excluding hydrogens is 468 g/mol. The van der Waals surface area contributed by atoms with E-state index in [0.717, 1.165) is 33.5 Å². The molecule has 0 saturated carbocycles. The van der Waals surface area contributed by atoms with E-state index in [0.29, 0.717) is 10.7 Å². The second-order valence-electron chi connectivity index (χ2n) is 8.05. The zero-order valence-electron chi connectivity index (χ0n) is 19.3. The average molecular weight is 491 g/mol. The maximum Gasteiger partial charge on any atom is 0.338 e. The molecule has 5 nitrogen and oxygen atoms in total. The maximum absolute atomic E-state index is 12.4. The van der Waals surface area contributed by atoms with Crippen LogP contribution in [0.2, 0.25) is 0 Å². The first-order valence-corrected chi connectivity index (χ1v) is 12.3. The Hall–Kier alpha value is -4.55. The van der Waals surface area contributed by atoms with E-state index in [-0.39, 0.29) is 6.61 Å². The van der Waals surface area contributed by atoms with Gasteiger partial charge < -0.3 is 4.74 Å². The topological polar surface area (TPSA) is 68.3 Å². The predicted molar refractivity (Wildman–Crippen MR) is 144 cm³/mol. The highest BCUT2D eigenvalue weighted by Gasteiger charge is 2.13. The molecule has 176 valence electrons. The molecule has 0 aliphatic heterocycles. The Morgan fingerprint density at radius 1 is 0.667 bits per heavy atom. The van der Waals surface area contributed by atoms with E-state index in [9.17, 15) is 9.59 Å². The summed E-state index contributed by atoms with van der Waals surface area (Å²) < 4.78 is 5.18. The summed E-state index contributed by atoms with van der Waals surface area (Å²) >= 11 is 1.32. The molecule has 0 aliphatic carbocycles. The number of esters is 1. The van der Waals surface area contributed by atoms with Gasteiger partial charge in [0.1, 0.15) is 0 Å². The molecule has 0 bridgehead atoms. The van der Waals surface area contributed by atoms with E-state index in [4.69, 9.17) is 4.74 Å². The van der Waals surface area contributed by atoms with E-state index < -0.39 is 11.9 Å². The molecule has 1 N–H and O–H groups in total. The number of nitrogens with one attached hydrogen (secondary N) is 1. The van der Waals surface area contributed by atoms with Gasteiger partial charge in [-0.25, -0.2) is 9.78 Å². The third-order valence-corrected chi connectivity index (χ3v) is 6.36. The van der Waals surface area contributed by atoms with Gasteiger partial charge in [0.05, 0.1) is 11.3 Å². The van der Waals surface area contributed by atoms with Crippen LogP contribution < -0.4 is 5.32 Å². The van der Waals surface area contributed by atoms with Crippen molar-refractivity contribution in [2.75, 3.05) is 11.9 Å². The van der Waals surface area contributed by atoms with Crippen LogP contribution in [0, 0.1) is 0 Å². The molecule has 0 atom stereocenters. The monoisotopic (exact) mass is 490 g/mol. The van der Waals surface area contributed by atoms with Crippen LogP contribution in [0.5, 0.6) is 0 Å². The van der Waals surface area contributed by atoms with E-state index in [2.05, 4.69) is 22.4 Å². The number of carbonyl (C=O) groups excluding carboxylic acids is 2. The van der Waals surface area contributed by atoms with Gasteiger partial charge in [-0.1, -0.05) is 97.1 Å². The Morgan fingerprint density at radius 2 is 1.17 bits per heavy atom. The fourth-order valence-corrected chi connectivity index (χ4v) is 4.46. The highest BCUT2D eigenvalue weighted by Crippen LogP contribution is 2.27. The molecule has 4 aromatic carbocycles. The highest BCUT2D eigenvalue weighted by atomic mass is 32.1. The van der Waals surface area contributed by atoms with E-state index in [1.807, 2.05) is 90.3 Å². The first kappa shape index (κ1) is 23.2. The largest absolute Gasteiger partial charge is 0.452 e. The van der Waals surface area contributed by atoms with Gasteiger partial charge >= 0.3 is 5.97 Å². The van der Waals surface area contributed by atoms with Gasteiger partial charge in [-0.3, -0.25) is 10.1 Å². The minimum Gasteiger partial charge on any atom is -0.452 e. The summed E-state index contributed by atoms with van der Waals surface area (Å²) in [5.74, 6) is -0.993. The molecule has 0 spiro atoms. The Morgan fingerprint density at radius 3 is 1.75 bits per heavy atom. The number of hydrogen-bond donors (Lipinski definition) is 1. The molecule has 0 saturated heterocycles. The van der Waals surface area contributed by atoms with Gasteiger partial charge in [0.2, 0.25) is 0 Å². The summed E-state index contributed by atoms with van der Waals surface area (Å²) in [6.07, 6.45) is 0. The van der Waals surface area contributed by atoms with Crippen LogP contribution in [0.1, 0.15) is 10.4 Å². The van der Waals surface area contributed by atoms with Crippen LogP contribution in [0.3, 0.4) is 0 Å². The van der Waals surface area contributed by atoms with Gasteiger partial charge in [-0.05, 0) is 34.4 Å². The van der Waals surface area contributed by atoms with Gasteiger partial charge in [-0.15, -0.1) is 11.3 Å². The van der Waals surface area contributed by atoms with Gasteiger partial charge in [0.15, 0.2) is 11.7 Å². The van der Waals surface area contributed by atoms with Crippen molar-refractivity contribution in [3.8, 4) is 33.5 Å². The minimum atomic E-state index is -0.553. The molecule has 6 heteroatoms. The third-order valence-electron chi connectivity index (χ3n) is 5.60. The van der Waals surface area contributed by atoms with Crippen molar-refractivity contribution in [2.45, 2.75) is 0 Å². The molecule has 5 rings (SSSR count). The third kappa shape index (κ3) is 5.56. The van der Waals surface area contributed by atoms with Crippen LogP contribution in [0.15, 0.2) is 115 Å². The van der Waals surface area contributed by atoms with Crippen molar-refractivity contribution < 1.29 is 14.3 Å². The summed E-state index contributed by atoms with van der Waals surface area (Å²) in [6, 6.07) is 35.2. The standard InChI is InChI=1S/C30H22N2O3S/c33-28(19-35-29(34)26-17-13-24(14-18-26)22-9-5-2-6-10-22)32-30-31-27(20-36-30)25-15-11-23(12-16-25)21-7-3-1-4-8-21/h1-18,20H,19H2,(H,31,32,33). The number of amides is 1. The molecule has 1 aromatic heterocycles. The van der Waals surface area contributed by atoms with Crippen molar-refractivity contribution >= 4 is 28.3 Å². The smallest absolute Gasteiger partial charge is 0.338 e. The molecular formula is C30H22N2O3S. The lowest BCUT2D eigenvalue weighted by molar-refractivity contribution is -0.119. The lowest BCUT2D eigenvalue weighted by Crippen LogP contribution is -2.20. The zero-order valence-corrected chi connectivity index (χ0v) is 20.1. The summed E-state index contributed by atoms with van der Waals surface area (Å²) in [6.45, 7) is -0.389. The molecule has 0 unspecified atom stereocenters. The number of anilines is 1. The number of benzene rings is 4. The lowest BCUT2D eigenvalue weighted by Gasteiger charge is -2.06. The second-order valence-corrected chi connectivity index (χ2v) is 8.91. The Bertz CT molecular complexity index is 1460. The number of thiazole rings is 1. The summed E-state index contributed by atoms with van der Waals surface area (Å²) in [5, 5.41) is 5.03. The Kier molecular flexibility index (Phi) is 6.96. The molecule has 0 fully saturated rings. The fourth-order valence-electron chi connectivity index (χ4n) is 3.73. The maximum atomic E-state index is 12.4. The molecule has 5 aromatic rings. The molecule has 1 heterocycles. The predicted octanol–water partition coefficient (Wildman–Crippen LogP) is 6.94. The number of carbonyl (C=O) groups is 2. The lowest BCUT2D eigenvalue weighted by atomic mass is 10.0. The zero-order chi connectivity index (χ0) is 24.7. The molecule has 0 aliphatic rings. The van der Waals surface area contributed by atoms with Crippen molar-refractivity contribution in [1.82, 2.24) is 4.98 Å². The van der Waals surface area contributed by atoms with Crippen LogP contribution >= 0.6 is 11.3 Å². The number of ether oxygens (including phenoxy) is 1. The van der Waals surface area contributed by atoms with Crippen molar-refractivity contribution in [3.63, 3.8) is 0 Å². The number of rotatable bonds is 7. The van der Waals surface area contributed by atoms with Gasteiger partial charge in [0.25, 0.3) is 5.91 Å². The number of aromatic nitrogens is 1. The van der Waals surface area contributed by atoms with Crippen molar-refractivity contribution in [3.05, 3.63) is 120 Å². The van der Waals surface area contributed by atoms with Crippen LogP contribution in [0.25, 0.3) is 33.5 Å². The first-order chi connectivity index (χ1) is 17.7. The summed E-state index contributed by atoms with van der Waals surface area (Å²) in [4.78, 5) is 29.2. The van der Waals surface area contributed by atoms with Gasteiger partial charge in [0, 0.05) is 10.9 Å². The van der Waals surface area contributed by atoms with Crippen molar-refractivity contribution in [2.24, 2.45) is 0 Å². The SMILES string of the molecule is O=C(COC(=O)c1ccc(-c2ccccc2)cc1)Nc1nc(-c2ccc(-c3ccccc3)cc2)cs1. The Balaban J connectivity index is 1.14. The average Bonchev–Trinajstić information content (AvgIpc) is 3.41. The van der Waals surface area contributed by atoms with Gasteiger partial charge in [-0.2, -0.15) is 0 Å². The molecule has 0 radical (unpaired) electrons. The normalized spacial score (nSPS) is 10.6. The fraction of sp³-hybridized carbons (Fsp3) is 0.0333. The van der Waals surface area contributed by atoms with E-state index in [1.165, 1.54) is 11.3 Å². The number of nitrogens with zero attached hydrogens (tertiary/aromatic N) is 1. The summed E-state index contributed by atoms with van der Waals surface area (Å²) in [7, 11) is 0. The van der Waals surface area contributed by atoms with E-state index in [1.54, 1.807) is 12.1 Å². The highest BCUT2D eigenvalue weighted by molar-refractivity contribution is 7.14. The number of hydrogen-bond acceptors (Lipinski definition) is 5.